The van der Waals surface area contributed by atoms with Crippen LogP contribution in [0.15, 0.2) is 29.0 Å². The highest BCUT2D eigenvalue weighted by atomic mass is 79.9. The molecule has 2 N–H and O–H groups in total. The summed E-state index contributed by atoms with van der Waals surface area (Å²) in [6, 6.07) is 5.45. The largest absolute Gasteiger partial charge is 0.324 e. The lowest BCUT2D eigenvalue weighted by Crippen LogP contribution is -2.17. The number of halogens is 2. The van der Waals surface area contributed by atoms with Gasteiger partial charge in [-0.3, -0.25) is 4.68 Å². The minimum absolute atomic E-state index is 0.160. The van der Waals surface area contributed by atoms with Crippen molar-refractivity contribution >= 4 is 27.5 Å². The lowest BCUT2D eigenvalue weighted by Gasteiger charge is -2.14. The first-order valence-corrected chi connectivity index (χ1v) is 6.86. The van der Waals surface area contributed by atoms with Gasteiger partial charge in [0.05, 0.1) is 0 Å². The highest BCUT2D eigenvalue weighted by Gasteiger charge is 2.14. The summed E-state index contributed by atoms with van der Waals surface area (Å²) in [5.41, 5.74) is 7.19. The lowest BCUT2D eigenvalue weighted by atomic mass is 10.0. The summed E-state index contributed by atoms with van der Waals surface area (Å²) in [6.45, 7) is 2.82. The van der Waals surface area contributed by atoms with Crippen LogP contribution in [0.25, 0.3) is 0 Å². The van der Waals surface area contributed by atoms with Crippen molar-refractivity contribution in [2.24, 2.45) is 5.73 Å². The van der Waals surface area contributed by atoms with E-state index in [2.05, 4.69) is 26.0 Å². The molecule has 18 heavy (non-hydrogen) atoms. The number of rotatable bonds is 4. The van der Waals surface area contributed by atoms with Crippen molar-refractivity contribution in [1.29, 1.82) is 0 Å². The van der Waals surface area contributed by atoms with Crippen molar-refractivity contribution < 1.29 is 0 Å². The van der Waals surface area contributed by atoms with E-state index in [-0.39, 0.29) is 6.04 Å². The Balaban J connectivity index is 2.21. The van der Waals surface area contributed by atoms with Crippen LogP contribution in [0.5, 0.6) is 0 Å². The molecule has 0 bridgehead atoms. The van der Waals surface area contributed by atoms with Crippen molar-refractivity contribution in [2.75, 3.05) is 0 Å². The fourth-order valence-electron chi connectivity index (χ4n) is 1.82. The third kappa shape index (κ3) is 2.91. The van der Waals surface area contributed by atoms with Gasteiger partial charge in [0.25, 0.3) is 0 Å². The average molecular weight is 330 g/mol. The lowest BCUT2D eigenvalue weighted by molar-refractivity contribution is 0.580. The van der Waals surface area contributed by atoms with Crippen LogP contribution in [-0.2, 0) is 13.0 Å². The van der Waals surface area contributed by atoms with Crippen LogP contribution in [0.2, 0.25) is 5.02 Å². The molecule has 0 fully saturated rings. The third-order valence-electron chi connectivity index (χ3n) is 2.76. The van der Waals surface area contributed by atoms with Gasteiger partial charge in [-0.1, -0.05) is 27.5 Å². The van der Waals surface area contributed by atoms with Gasteiger partial charge >= 0.3 is 0 Å². The maximum atomic E-state index is 6.21. The third-order valence-corrected chi connectivity index (χ3v) is 3.71. The Hall–Kier alpha value is -0.910. The first kappa shape index (κ1) is 13.5. The number of aryl methyl sites for hydroxylation is 1. The Morgan fingerprint density at radius 3 is 3.00 bits per heavy atom. The van der Waals surface area contributed by atoms with Crippen molar-refractivity contribution in [1.82, 2.24) is 14.8 Å². The van der Waals surface area contributed by atoms with Gasteiger partial charge in [-0.05, 0) is 30.7 Å². The van der Waals surface area contributed by atoms with Crippen molar-refractivity contribution in [3.63, 3.8) is 0 Å². The predicted molar refractivity (Wildman–Crippen MR) is 75.5 cm³/mol. The number of hydrogen-bond donors (Lipinski definition) is 1. The first-order valence-electron chi connectivity index (χ1n) is 5.69. The van der Waals surface area contributed by atoms with Crippen LogP contribution >= 0.6 is 27.5 Å². The van der Waals surface area contributed by atoms with Crippen LogP contribution in [0.4, 0.5) is 0 Å². The fourth-order valence-corrected chi connectivity index (χ4v) is 2.54. The van der Waals surface area contributed by atoms with Gasteiger partial charge in [0.15, 0.2) is 0 Å². The molecule has 6 heteroatoms. The van der Waals surface area contributed by atoms with Crippen LogP contribution in [-0.4, -0.2) is 14.8 Å². The number of aromatic nitrogens is 3. The molecule has 2 aromatic rings. The Kier molecular flexibility index (Phi) is 4.37. The topological polar surface area (TPSA) is 56.7 Å². The fraction of sp³-hybridized carbons (Fsp3) is 0.333. The quantitative estimate of drug-likeness (QED) is 0.938. The average Bonchev–Trinajstić information content (AvgIpc) is 2.79. The molecule has 1 aromatic heterocycles. The first-order chi connectivity index (χ1) is 8.61. The second-order valence-electron chi connectivity index (χ2n) is 3.97. The monoisotopic (exact) mass is 328 g/mol. The van der Waals surface area contributed by atoms with E-state index >= 15 is 0 Å². The van der Waals surface area contributed by atoms with E-state index in [1.807, 2.05) is 29.8 Å². The highest BCUT2D eigenvalue weighted by Crippen LogP contribution is 2.27. The van der Waals surface area contributed by atoms with E-state index in [1.165, 1.54) is 0 Å². The van der Waals surface area contributed by atoms with E-state index in [0.717, 1.165) is 22.4 Å². The van der Waals surface area contributed by atoms with Crippen LogP contribution < -0.4 is 5.73 Å². The number of hydrogen-bond acceptors (Lipinski definition) is 3. The Bertz CT molecular complexity index is 541. The van der Waals surface area contributed by atoms with E-state index in [9.17, 15) is 0 Å². The molecule has 0 spiro atoms. The molecule has 1 heterocycles. The van der Waals surface area contributed by atoms with Gasteiger partial charge in [0.1, 0.15) is 12.2 Å². The molecule has 0 amide bonds. The van der Waals surface area contributed by atoms with Crippen LogP contribution in [0.1, 0.15) is 24.4 Å². The Morgan fingerprint density at radius 2 is 2.28 bits per heavy atom. The number of nitrogens with two attached hydrogens (primary N) is 1. The van der Waals surface area contributed by atoms with E-state index in [0.29, 0.717) is 11.4 Å². The van der Waals surface area contributed by atoms with Gasteiger partial charge in [-0.15, -0.1) is 0 Å². The summed E-state index contributed by atoms with van der Waals surface area (Å²) in [4.78, 5) is 4.23. The molecule has 0 aliphatic heterocycles. The molecule has 0 aliphatic rings. The summed E-state index contributed by atoms with van der Waals surface area (Å²) < 4.78 is 2.81. The predicted octanol–water partition coefficient (Wildman–Crippen LogP) is 2.96. The minimum Gasteiger partial charge on any atom is -0.324 e. The summed E-state index contributed by atoms with van der Waals surface area (Å²) in [7, 11) is 0. The molecule has 0 radical (unpaired) electrons. The second-order valence-corrected chi connectivity index (χ2v) is 5.26. The molecule has 0 saturated carbocycles. The van der Waals surface area contributed by atoms with Crippen molar-refractivity contribution in [2.45, 2.75) is 25.9 Å². The maximum absolute atomic E-state index is 6.21. The minimum atomic E-state index is -0.160. The van der Waals surface area contributed by atoms with Gasteiger partial charge in [-0.25, -0.2) is 4.98 Å². The SMILES string of the molecule is CCn1ncnc1CC(N)c1cc(Cl)ccc1Br. The standard InChI is InChI=1S/C12H14BrClN4/c1-2-18-12(16-7-17-18)6-11(15)9-5-8(14)3-4-10(9)13/h3-5,7,11H,2,6,15H2,1H3. The molecular formula is C12H14BrClN4. The zero-order valence-electron chi connectivity index (χ0n) is 9.98. The van der Waals surface area contributed by atoms with Gasteiger partial charge in [0, 0.05) is 28.5 Å². The molecule has 1 atom stereocenters. The van der Waals surface area contributed by atoms with Crippen molar-refractivity contribution in [3.8, 4) is 0 Å². The molecule has 0 aliphatic carbocycles. The summed E-state index contributed by atoms with van der Waals surface area (Å²) in [6.07, 6.45) is 2.19. The van der Waals surface area contributed by atoms with Gasteiger partial charge < -0.3 is 5.73 Å². The molecule has 0 saturated heterocycles. The molecule has 1 unspecified atom stereocenters. The molecular weight excluding hydrogens is 316 g/mol. The number of nitrogens with zero attached hydrogens (tertiary/aromatic N) is 3. The summed E-state index contributed by atoms with van der Waals surface area (Å²) >= 11 is 9.48. The second kappa shape index (κ2) is 5.82. The molecule has 2 rings (SSSR count). The molecule has 1 aromatic carbocycles. The van der Waals surface area contributed by atoms with Crippen molar-refractivity contribution in [3.05, 3.63) is 45.4 Å². The normalized spacial score (nSPS) is 12.7. The molecule has 4 nitrogen and oxygen atoms in total. The number of benzene rings is 1. The summed E-state index contributed by atoms with van der Waals surface area (Å²) in [5.74, 6) is 0.886. The van der Waals surface area contributed by atoms with Gasteiger partial charge in [0.2, 0.25) is 0 Å². The smallest absolute Gasteiger partial charge is 0.138 e. The van der Waals surface area contributed by atoms with Crippen LogP contribution in [0, 0.1) is 0 Å². The maximum Gasteiger partial charge on any atom is 0.138 e. The van der Waals surface area contributed by atoms with E-state index in [4.69, 9.17) is 17.3 Å². The summed E-state index contributed by atoms with van der Waals surface area (Å²) in [5, 5.41) is 4.81. The Labute approximate surface area is 119 Å². The van der Waals surface area contributed by atoms with Crippen LogP contribution in [0.3, 0.4) is 0 Å². The highest BCUT2D eigenvalue weighted by molar-refractivity contribution is 9.10. The zero-order valence-corrected chi connectivity index (χ0v) is 12.3. The van der Waals surface area contributed by atoms with Gasteiger partial charge in [-0.2, -0.15) is 5.10 Å². The zero-order chi connectivity index (χ0) is 13.1. The van der Waals surface area contributed by atoms with E-state index in [1.54, 1.807) is 6.33 Å². The molecule has 96 valence electrons. The Morgan fingerprint density at radius 1 is 1.50 bits per heavy atom. The van der Waals surface area contributed by atoms with E-state index < -0.39 is 0 Å².